The number of hydrogen-bond donors (Lipinski definition) is 4. The van der Waals surface area contributed by atoms with E-state index in [2.05, 4.69) is 10.6 Å². The van der Waals surface area contributed by atoms with Crippen LogP contribution in [0.3, 0.4) is 0 Å². The smallest absolute Gasteiger partial charge is 0.323 e. The highest BCUT2D eigenvalue weighted by Gasteiger charge is 2.32. The number of amides is 2. The lowest BCUT2D eigenvalue weighted by molar-refractivity contribution is -0.153. The van der Waals surface area contributed by atoms with E-state index in [0.717, 1.165) is 69.0 Å². The second-order valence-electron chi connectivity index (χ2n) is 10.3. The van der Waals surface area contributed by atoms with Crippen molar-refractivity contribution in [3.63, 3.8) is 0 Å². The largest absolute Gasteiger partial charge is 0.461 e. The lowest BCUT2D eigenvalue weighted by Crippen LogP contribution is -2.45. The predicted molar refractivity (Wildman–Crippen MR) is 138 cm³/mol. The molecule has 8 nitrogen and oxygen atoms in total. The van der Waals surface area contributed by atoms with Gasteiger partial charge in [0.15, 0.2) is 0 Å². The van der Waals surface area contributed by atoms with Crippen LogP contribution in [0, 0.1) is 5.92 Å². The van der Waals surface area contributed by atoms with Crippen molar-refractivity contribution in [3.05, 3.63) is 29.8 Å². The molecule has 2 amide bonds. The van der Waals surface area contributed by atoms with E-state index in [0.29, 0.717) is 31.7 Å². The van der Waals surface area contributed by atoms with Crippen LogP contribution in [0.1, 0.15) is 102 Å². The molecule has 2 saturated carbocycles. The molecule has 1 aromatic rings. The minimum absolute atomic E-state index is 0.0269. The average molecular weight is 502 g/mol. The van der Waals surface area contributed by atoms with Crippen molar-refractivity contribution in [2.45, 2.75) is 115 Å². The highest BCUT2D eigenvalue weighted by atomic mass is 16.5. The first-order valence-electron chi connectivity index (χ1n) is 13.8. The lowest BCUT2D eigenvalue weighted by atomic mass is 9.83. The summed E-state index contributed by atoms with van der Waals surface area (Å²) in [5.41, 5.74) is 3.45. The molecule has 2 fully saturated rings. The first kappa shape index (κ1) is 28.1. The number of carbonyl (C=O) groups excluding carboxylic acids is 3. The minimum atomic E-state index is -0.375. The molecule has 1 atom stereocenters. The topological polar surface area (TPSA) is 117 Å². The molecule has 36 heavy (non-hydrogen) atoms. The number of esters is 1. The molecule has 4 N–H and O–H groups in total. The van der Waals surface area contributed by atoms with E-state index < -0.39 is 0 Å². The van der Waals surface area contributed by atoms with Crippen molar-refractivity contribution < 1.29 is 24.3 Å². The Hall–Kier alpha value is -2.45. The maximum absolute atomic E-state index is 13.0. The summed E-state index contributed by atoms with van der Waals surface area (Å²) in [5.74, 6) is -0.159. The Balaban J connectivity index is 1.40. The highest BCUT2D eigenvalue weighted by molar-refractivity contribution is 5.90. The van der Waals surface area contributed by atoms with Crippen molar-refractivity contribution in [1.82, 2.24) is 10.8 Å². The van der Waals surface area contributed by atoms with E-state index in [9.17, 15) is 14.4 Å². The molecular formula is C28H43N3O5. The summed E-state index contributed by atoms with van der Waals surface area (Å²) < 4.78 is 5.87. The molecule has 0 bridgehead atoms. The number of carbonyl (C=O) groups is 3. The monoisotopic (exact) mass is 501 g/mol. The number of unbranched alkanes of at least 4 members (excludes halogenated alkanes) is 3. The third-order valence-corrected chi connectivity index (χ3v) is 7.41. The fourth-order valence-corrected chi connectivity index (χ4v) is 5.29. The van der Waals surface area contributed by atoms with Gasteiger partial charge in [-0.15, -0.1) is 0 Å². The lowest BCUT2D eigenvalue weighted by Gasteiger charge is -2.30. The molecule has 0 aliphatic heterocycles. The van der Waals surface area contributed by atoms with Crippen molar-refractivity contribution in [2.75, 3.05) is 5.32 Å². The average Bonchev–Trinajstić information content (AvgIpc) is 3.40. The Kier molecular flexibility index (Phi) is 12.2. The van der Waals surface area contributed by atoms with Gasteiger partial charge < -0.3 is 15.4 Å². The van der Waals surface area contributed by atoms with E-state index >= 15 is 0 Å². The van der Waals surface area contributed by atoms with Crippen LogP contribution in [0.2, 0.25) is 0 Å². The number of ether oxygens (including phenoxy) is 1. The molecule has 0 radical (unpaired) electrons. The first-order chi connectivity index (χ1) is 17.5. The van der Waals surface area contributed by atoms with E-state index in [4.69, 9.17) is 9.94 Å². The van der Waals surface area contributed by atoms with Gasteiger partial charge in [0.1, 0.15) is 12.1 Å². The number of nitrogens with one attached hydrogen (secondary N) is 3. The van der Waals surface area contributed by atoms with Gasteiger partial charge in [0, 0.05) is 25.1 Å². The Morgan fingerprint density at radius 1 is 0.833 bits per heavy atom. The third-order valence-electron chi connectivity index (χ3n) is 7.41. The SMILES string of the molecule is O=C(CCCCCCC(=O)Nc1ccc(CNC(C(=O)OC2CCCC2)C2CCCCC2)cc1)NO. The third kappa shape index (κ3) is 9.90. The van der Waals surface area contributed by atoms with Gasteiger partial charge in [-0.25, -0.2) is 5.48 Å². The van der Waals surface area contributed by atoms with Gasteiger partial charge in [0.05, 0.1) is 0 Å². The standard InChI is InChI=1S/C28H43N3O5/c32-25(14-6-1-2-7-15-26(33)31-35)30-23-18-16-21(17-19-23)20-29-27(22-10-4-3-5-11-22)28(34)36-24-12-8-9-13-24/h16-19,22,24,27,29,35H,1-15,20H2,(H,30,32)(H,31,33). The summed E-state index contributed by atoms with van der Waals surface area (Å²) in [4.78, 5) is 36.2. The van der Waals surface area contributed by atoms with E-state index in [-0.39, 0.29) is 29.9 Å². The van der Waals surface area contributed by atoms with Gasteiger partial charge in [0.25, 0.3) is 0 Å². The van der Waals surface area contributed by atoms with Crippen LogP contribution in [0.15, 0.2) is 24.3 Å². The molecule has 2 aliphatic carbocycles. The maximum Gasteiger partial charge on any atom is 0.323 e. The van der Waals surface area contributed by atoms with Crippen LogP contribution in [0.25, 0.3) is 0 Å². The summed E-state index contributed by atoms with van der Waals surface area (Å²) in [6.07, 6.45) is 14.0. The second-order valence-corrected chi connectivity index (χ2v) is 10.3. The molecule has 1 unspecified atom stereocenters. The van der Waals surface area contributed by atoms with Gasteiger partial charge in [-0.05, 0) is 75.0 Å². The van der Waals surface area contributed by atoms with Crippen LogP contribution < -0.4 is 16.1 Å². The minimum Gasteiger partial charge on any atom is -0.461 e. The first-order valence-corrected chi connectivity index (χ1v) is 13.8. The highest BCUT2D eigenvalue weighted by Crippen LogP contribution is 2.29. The van der Waals surface area contributed by atoms with Gasteiger partial charge in [-0.3, -0.25) is 19.6 Å². The van der Waals surface area contributed by atoms with Gasteiger partial charge in [-0.2, -0.15) is 0 Å². The molecule has 0 aromatic heterocycles. The van der Waals surface area contributed by atoms with Gasteiger partial charge in [-0.1, -0.05) is 44.2 Å². The Bertz CT molecular complexity index is 817. The molecule has 0 heterocycles. The molecule has 0 saturated heterocycles. The van der Waals surface area contributed by atoms with Gasteiger partial charge >= 0.3 is 5.97 Å². The summed E-state index contributed by atoms with van der Waals surface area (Å²) >= 11 is 0. The predicted octanol–water partition coefficient (Wildman–Crippen LogP) is 5.00. The molecule has 1 aromatic carbocycles. The van der Waals surface area contributed by atoms with E-state index in [1.807, 2.05) is 24.3 Å². The number of hydrogen-bond acceptors (Lipinski definition) is 6. The number of benzene rings is 1. The number of anilines is 1. The summed E-state index contributed by atoms with van der Waals surface area (Å²) in [7, 11) is 0. The molecule has 200 valence electrons. The Morgan fingerprint density at radius 3 is 2.08 bits per heavy atom. The fraction of sp³-hybridized carbons (Fsp3) is 0.679. The molecule has 2 aliphatic rings. The summed E-state index contributed by atoms with van der Waals surface area (Å²) in [6, 6.07) is 7.50. The number of hydroxylamine groups is 1. The summed E-state index contributed by atoms with van der Waals surface area (Å²) in [5, 5.41) is 14.9. The fourth-order valence-electron chi connectivity index (χ4n) is 5.29. The molecule has 3 rings (SSSR count). The van der Waals surface area contributed by atoms with Crippen LogP contribution in [0.5, 0.6) is 0 Å². The van der Waals surface area contributed by atoms with Crippen molar-refractivity contribution >= 4 is 23.5 Å². The van der Waals surface area contributed by atoms with Crippen LogP contribution >= 0.6 is 0 Å². The van der Waals surface area contributed by atoms with Crippen molar-refractivity contribution in [2.24, 2.45) is 5.92 Å². The summed E-state index contributed by atoms with van der Waals surface area (Å²) in [6.45, 7) is 0.587. The second kappa shape index (κ2) is 15.6. The van der Waals surface area contributed by atoms with Crippen LogP contribution in [-0.2, 0) is 25.7 Å². The van der Waals surface area contributed by atoms with Crippen molar-refractivity contribution in [1.29, 1.82) is 0 Å². The maximum atomic E-state index is 13.0. The normalized spacial score (nSPS) is 17.5. The van der Waals surface area contributed by atoms with Crippen molar-refractivity contribution in [3.8, 4) is 0 Å². The van der Waals surface area contributed by atoms with Gasteiger partial charge in [0.2, 0.25) is 11.8 Å². The zero-order valence-electron chi connectivity index (χ0n) is 21.4. The molecular weight excluding hydrogens is 458 g/mol. The van der Waals surface area contributed by atoms with Crippen LogP contribution in [0.4, 0.5) is 5.69 Å². The van der Waals surface area contributed by atoms with Crippen LogP contribution in [-0.4, -0.2) is 35.1 Å². The Morgan fingerprint density at radius 2 is 1.44 bits per heavy atom. The zero-order valence-corrected chi connectivity index (χ0v) is 21.4. The number of rotatable bonds is 14. The molecule has 8 heteroatoms. The quantitative estimate of drug-likeness (QED) is 0.123. The van der Waals surface area contributed by atoms with E-state index in [1.54, 1.807) is 5.48 Å². The van der Waals surface area contributed by atoms with E-state index in [1.165, 1.54) is 19.3 Å². The zero-order chi connectivity index (χ0) is 25.6. The molecule has 0 spiro atoms. The Labute approximate surface area is 214 Å².